The number of benzene rings is 1. The molecule has 2 N–H and O–H groups in total. The highest BCUT2D eigenvalue weighted by Gasteiger charge is 2.26. The van der Waals surface area contributed by atoms with Gasteiger partial charge in [0.2, 0.25) is 5.71 Å². The number of H-pyrrole nitrogens is 1. The topological polar surface area (TPSA) is 100 Å². The summed E-state index contributed by atoms with van der Waals surface area (Å²) in [6, 6.07) is 8.07. The molecule has 8 nitrogen and oxygen atoms in total. The third-order valence-electron chi connectivity index (χ3n) is 5.41. The Kier molecular flexibility index (Phi) is 5.35. The number of carbonyl (C=O) groups is 1. The average Bonchev–Trinajstić information content (AvgIpc) is 3.07. The fourth-order valence-corrected chi connectivity index (χ4v) is 3.89. The Balaban J connectivity index is 1.40. The van der Waals surface area contributed by atoms with Crippen molar-refractivity contribution in [2.24, 2.45) is 0 Å². The van der Waals surface area contributed by atoms with Crippen molar-refractivity contribution in [3.05, 3.63) is 57.8 Å². The van der Waals surface area contributed by atoms with Crippen molar-refractivity contribution in [2.75, 3.05) is 20.2 Å². The summed E-state index contributed by atoms with van der Waals surface area (Å²) in [5, 5.41) is 3.26. The number of carbonyl (C=O) groups excluding carboxylic acids is 1. The van der Waals surface area contributed by atoms with Gasteiger partial charge in [0.1, 0.15) is 16.9 Å². The summed E-state index contributed by atoms with van der Waals surface area (Å²) in [6.07, 6.45) is 2.95. The maximum Gasteiger partial charge on any atom is 0.262 e. The van der Waals surface area contributed by atoms with Crippen LogP contribution in [-0.2, 0) is 6.54 Å². The largest absolute Gasteiger partial charge is 0.496 e. The molecule has 3 heterocycles. The molecular weight excluding hydrogens is 372 g/mol. The van der Waals surface area contributed by atoms with Crippen molar-refractivity contribution >= 4 is 17.0 Å². The van der Waals surface area contributed by atoms with Gasteiger partial charge in [0.15, 0.2) is 0 Å². The minimum Gasteiger partial charge on any atom is -0.496 e. The highest BCUT2D eigenvalue weighted by Crippen LogP contribution is 2.23. The number of hydrogen-bond donors (Lipinski definition) is 2. The summed E-state index contributed by atoms with van der Waals surface area (Å²) in [5.74, 6) is 1.00. The number of fused-ring (bicyclic) bond motifs is 1. The predicted molar refractivity (Wildman–Crippen MR) is 108 cm³/mol. The van der Waals surface area contributed by atoms with Crippen LogP contribution in [0.5, 0.6) is 5.75 Å². The molecule has 8 heteroatoms. The molecule has 1 amide bonds. The third-order valence-corrected chi connectivity index (χ3v) is 5.41. The van der Waals surface area contributed by atoms with Gasteiger partial charge in [0.25, 0.3) is 11.5 Å². The van der Waals surface area contributed by atoms with Crippen molar-refractivity contribution in [3.8, 4) is 5.75 Å². The van der Waals surface area contributed by atoms with Crippen molar-refractivity contribution in [1.29, 1.82) is 0 Å². The van der Waals surface area contributed by atoms with Gasteiger partial charge in [-0.15, -0.1) is 0 Å². The number of aromatic amines is 1. The zero-order chi connectivity index (χ0) is 20.4. The van der Waals surface area contributed by atoms with Crippen LogP contribution in [0.2, 0.25) is 0 Å². The first-order chi connectivity index (χ1) is 14.1. The zero-order valence-corrected chi connectivity index (χ0v) is 16.5. The first-order valence-electron chi connectivity index (χ1n) is 9.68. The van der Waals surface area contributed by atoms with E-state index in [0.29, 0.717) is 5.76 Å². The highest BCUT2D eigenvalue weighted by atomic mass is 16.5. The second-order valence-corrected chi connectivity index (χ2v) is 7.28. The molecule has 1 aliphatic heterocycles. The first-order valence-corrected chi connectivity index (χ1v) is 9.68. The Morgan fingerprint density at radius 1 is 1.34 bits per heavy atom. The lowest BCUT2D eigenvalue weighted by Gasteiger charge is -2.32. The minimum atomic E-state index is -0.372. The number of nitrogens with one attached hydrogen (secondary N) is 2. The van der Waals surface area contributed by atoms with E-state index in [4.69, 9.17) is 9.15 Å². The van der Waals surface area contributed by atoms with E-state index in [-0.39, 0.29) is 34.2 Å². The number of aryl methyl sites for hydroxylation is 1. The van der Waals surface area contributed by atoms with E-state index in [1.54, 1.807) is 14.0 Å². The van der Waals surface area contributed by atoms with Crippen molar-refractivity contribution < 1.29 is 13.9 Å². The van der Waals surface area contributed by atoms with Crippen LogP contribution in [0.15, 0.2) is 39.8 Å². The molecule has 0 radical (unpaired) electrons. The van der Waals surface area contributed by atoms with Gasteiger partial charge in [-0.2, -0.15) is 0 Å². The molecule has 1 aromatic carbocycles. The summed E-state index contributed by atoms with van der Waals surface area (Å²) in [6.45, 7) is 4.23. The lowest BCUT2D eigenvalue weighted by molar-refractivity contribution is 0.0908. The third kappa shape index (κ3) is 3.88. The summed E-state index contributed by atoms with van der Waals surface area (Å²) in [4.78, 5) is 33.8. The van der Waals surface area contributed by atoms with Crippen LogP contribution in [0.3, 0.4) is 0 Å². The molecule has 152 valence electrons. The lowest BCUT2D eigenvalue weighted by Crippen LogP contribution is -2.44. The number of likely N-dealkylation sites (tertiary alicyclic amines) is 1. The molecule has 0 atom stereocenters. The number of aromatic nitrogens is 2. The van der Waals surface area contributed by atoms with Gasteiger partial charge in [-0.1, -0.05) is 18.2 Å². The molecule has 0 aliphatic carbocycles. The highest BCUT2D eigenvalue weighted by molar-refractivity contribution is 6.06. The summed E-state index contributed by atoms with van der Waals surface area (Å²) in [7, 11) is 1.68. The lowest BCUT2D eigenvalue weighted by atomic mass is 10.0. The zero-order valence-electron chi connectivity index (χ0n) is 16.5. The van der Waals surface area contributed by atoms with Gasteiger partial charge in [-0.25, -0.2) is 4.98 Å². The first kappa shape index (κ1) is 19.2. The fraction of sp³-hybridized carbons (Fsp3) is 0.381. The summed E-state index contributed by atoms with van der Waals surface area (Å²) < 4.78 is 10.9. The molecule has 4 rings (SSSR count). The number of hydrogen-bond acceptors (Lipinski definition) is 6. The van der Waals surface area contributed by atoms with E-state index in [2.05, 4.69) is 26.3 Å². The van der Waals surface area contributed by atoms with Gasteiger partial charge in [0, 0.05) is 31.2 Å². The molecule has 0 bridgehead atoms. The Hall–Kier alpha value is -3.13. The minimum absolute atomic E-state index is 0.0523. The smallest absolute Gasteiger partial charge is 0.262 e. The molecule has 1 fully saturated rings. The van der Waals surface area contributed by atoms with Crippen LogP contribution in [0, 0.1) is 6.92 Å². The van der Waals surface area contributed by atoms with Gasteiger partial charge in [-0.05, 0) is 25.8 Å². The SMILES string of the molecule is COc1ccccc1CN1CCC(NC(=O)c2c(C)oc3nc[nH]c(=O)c23)CC1. The molecule has 0 spiro atoms. The quantitative estimate of drug-likeness (QED) is 0.686. The van der Waals surface area contributed by atoms with Crippen LogP contribution >= 0.6 is 0 Å². The number of amides is 1. The summed E-state index contributed by atoms with van der Waals surface area (Å²) in [5.41, 5.74) is 1.24. The maximum atomic E-state index is 12.8. The maximum absolute atomic E-state index is 12.8. The van der Waals surface area contributed by atoms with Crippen LogP contribution in [0.25, 0.3) is 11.1 Å². The van der Waals surface area contributed by atoms with E-state index in [1.165, 1.54) is 6.33 Å². The van der Waals surface area contributed by atoms with Crippen LogP contribution in [0.4, 0.5) is 0 Å². The Morgan fingerprint density at radius 2 is 2.10 bits per heavy atom. The number of furan rings is 1. The van der Waals surface area contributed by atoms with Gasteiger partial charge in [-0.3, -0.25) is 14.5 Å². The van der Waals surface area contributed by atoms with Gasteiger partial charge in [0.05, 0.1) is 19.0 Å². The van der Waals surface area contributed by atoms with E-state index in [0.717, 1.165) is 43.8 Å². The summed E-state index contributed by atoms with van der Waals surface area (Å²) >= 11 is 0. The number of methoxy groups -OCH3 is 1. The van der Waals surface area contributed by atoms with Crippen molar-refractivity contribution in [1.82, 2.24) is 20.2 Å². The molecule has 29 heavy (non-hydrogen) atoms. The number of piperidine rings is 1. The van der Waals surface area contributed by atoms with Crippen LogP contribution < -0.4 is 15.6 Å². The predicted octanol–water partition coefficient (Wildman–Crippen LogP) is 2.23. The molecule has 0 saturated carbocycles. The fourth-order valence-electron chi connectivity index (χ4n) is 3.89. The van der Waals surface area contributed by atoms with E-state index >= 15 is 0 Å². The number of nitrogens with zero attached hydrogens (tertiary/aromatic N) is 2. The van der Waals surface area contributed by atoms with Gasteiger partial charge < -0.3 is 19.5 Å². The van der Waals surface area contributed by atoms with Crippen molar-refractivity contribution in [3.63, 3.8) is 0 Å². The van der Waals surface area contributed by atoms with E-state index < -0.39 is 0 Å². The van der Waals surface area contributed by atoms with Crippen LogP contribution in [0.1, 0.15) is 34.5 Å². The Morgan fingerprint density at radius 3 is 2.86 bits per heavy atom. The molecule has 2 aromatic heterocycles. The molecular formula is C21H24N4O4. The van der Waals surface area contributed by atoms with Crippen LogP contribution in [-0.4, -0.2) is 47.0 Å². The molecule has 3 aromatic rings. The number of rotatable bonds is 5. The molecule has 0 unspecified atom stereocenters. The number of para-hydroxylation sites is 1. The monoisotopic (exact) mass is 396 g/mol. The van der Waals surface area contributed by atoms with Gasteiger partial charge >= 0.3 is 0 Å². The number of ether oxygens (including phenoxy) is 1. The second kappa shape index (κ2) is 8.08. The normalized spacial score (nSPS) is 15.5. The Bertz CT molecular complexity index is 1080. The standard InChI is InChI=1S/C21H24N4O4/c1-13-17(18-19(26)22-12-23-21(18)29-13)20(27)24-15-7-9-25(10-8-15)11-14-5-3-4-6-16(14)28-2/h3-6,12,15H,7-11H2,1-2H3,(H,24,27)(H,22,23,26). The van der Waals surface area contributed by atoms with E-state index in [9.17, 15) is 9.59 Å². The molecule has 1 saturated heterocycles. The Labute approximate surface area is 167 Å². The van der Waals surface area contributed by atoms with E-state index in [1.807, 2.05) is 18.2 Å². The molecule has 1 aliphatic rings. The second-order valence-electron chi connectivity index (χ2n) is 7.28. The average molecular weight is 396 g/mol. The van der Waals surface area contributed by atoms with Crippen molar-refractivity contribution in [2.45, 2.75) is 32.4 Å².